The molecule has 1 aromatic rings. The van der Waals surface area contributed by atoms with Crippen LogP contribution in [0.4, 0.5) is 0 Å². The van der Waals surface area contributed by atoms with E-state index in [0.29, 0.717) is 24.2 Å². The third-order valence-corrected chi connectivity index (χ3v) is 6.93. The standard InChI is InChI=1S/C16H23ClN2O2S/c1-12-2-5-15(17)16(10-12)22(20,21)19-8-6-14(7-9-19)18-11-13-3-4-13/h2,5,10,13-14,18H,3-4,6-9,11H2,1H3. The van der Waals surface area contributed by atoms with Crippen molar-refractivity contribution in [3.05, 3.63) is 28.8 Å². The van der Waals surface area contributed by atoms with Crippen LogP contribution >= 0.6 is 11.6 Å². The van der Waals surface area contributed by atoms with E-state index >= 15 is 0 Å². The van der Waals surface area contributed by atoms with Crippen LogP contribution in [0.5, 0.6) is 0 Å². The zero-order chi connectivity index (χ0) is 15.7. The maximum absolute atomic E-state index is 12.8. The first-order valence-electron chi connectivity index (χ1n) is 7.96. The summed E-state index contributed by atoms with van der Waals surface area (Å²) in [5.41, 5.74) is 0.906. The summed E-state index contributed by atoms with van der Waals surface area (Å²) in [6.07, 6.45) is 4.42. The quantitative estimate of drug-likeness (QED) is 0.895. The monoisotopic (exact) mass is 342 g/mol. The molecule has 0 spiro atoms. The minimum Gasteiger partial charge on any atom is -0.314 e. The van der Waals surface area contributed by atoms with Gasteiger partial charge in [-0.05, 0) is 62.8 Å². The molecule has 0 aromatic heterocycles. The van der Waals surface area contributed by atoms with Crippen molar-refractivity contribution in [3.63, 3.8) is 0 Å². The molecule has 0 bridgehead atoms. The van der Waals surface area contributed by atoms with E-state index in [1.54, 1.807) is 16.4 Å². The maximum Gasteiger partial charge on any atom is 0.244 e. The van der Waals surface area contributed by atoms with Crippen LogP contribution in [0.15, 0.2) is 23.1 Å². The first-order valence-corrected chi connectivity index (χ1v) is 9.78. The van der Waals surface area contributed by atoms with Gasteiger partial charge >= 0.3 is 0 Å². The summed E-state index contributed by atoms with van der Waals surface area (Å²) >= 11 is 6.10. The van der Waals surface area contributed by atoms with Gasteiger partial charge in [0.2, 0.25) is 10.0 Å². The van der Waals surface area contributed by atoms with Crippen molar-refractivity contribution in [1.82, 2.24) is 9.62 Å². The Balaban J connectivity index is 1.64. The number of hydrogen-bond donors (Lipinski definition) is 1. The fourth-order valence-electron chi connectivity index (χ4n) is 2.90. The fourth-order valence-corrected chi connectivity index (χ4v) is 4.93. The highest BCUT2D eigenvalue weighted by atomic mass is 35.5. The van der Waals surface area contributed by atoms with Crippen LogP contribution < -0.4 is 5.32 Å². The number of nitrogens with zero attached hydrogens (tertiary/aromatic N) is 1. The fraction of sp³-hybridized carbons (Fsp3) is 0.625. The van der Waals surface area contributed by atoms with E-state index in [4.69, 9.17) is 11.6 Å². The van der Waals surface area contributed by atoms with Crippen molar-refractivity contribution in [3.8, 4) is 0 Å². The molecular weight excluding hydrogens is 320 g/mol. The number of piperidine rings is 1. The second-order valence-electron chi connectivity index (χ2n) is 6.46. The molecular formula is C16H23ClN2O2S. The van der Waals surface area contributed by atoms with E-state index in [2.05, 4.69) is 5.32 Å². The molecule has 122 valence electrons. The van der Waals surface area contributed by atoms with Crippen LogP contribution in [0.3, 0.4) is 0 Å². The van der Waals surface area contributed by atoms with Crippen LogP contribution in [-0.2, 0) is 10.0 Å². The van der Waals surface area contributed by atoms with Crippen LogP contribution in [0.25, 0.3) is 0 Å². The second-order valence-corrected chi connectivity index (χ2v) is 8.78. The van der Waals surface area contributed by atoms with Gasteiger partial charge in [0.25, 0.3) is 0 Å². The van der Waals surface area contributed by atoms with Gasteiger partial charge in [-0.15, -0.1) is 0 Å². The Hall–Kier alpha value is -0.620. The lowest BCUT2D eigenvalue weighted by Gasteiger charge is -2.32. The van der Waals surface area contributed by atoms with Gasteiger partial charge in [0.1, 0.15) is 4.90 Å². The van der Waals surface area contributed by atoms with E-state index < -0.39 is 10.0 Å². The number of halogens is 1. The van der Waals surface area contributed by atoms with Crippen molar-refractivity contribution in [2.45, 2.75) is 43.5 Å². The summed E-state index contributed by atoms with van der Waals surface area (Å²) in [7, 11) is -3.48. The summed E-state index contributed by atoms with van der Waals surface area (Å²) in [4.78, 5) is 0.235. The minimum atomic E-state index is -3.48. The average Bonchev–Trinajstić information content (AvgIpc) is 3.32. The van der Waals surface area contributed by atoms with Gasteiger partial charge < -0.3 is 5.32 Å². The zero-order valence-electron chi connectivity index (χ0n) is 12.9. The van der Waals surface area contributed by atoms with Crippen molar-refractivity contribution in [1.29, 1.82) is 0 Å². The van der Waals surface area contributed by atoms with Gasteiger partial charge in [0.15, 0.2) is 0 Å². The normalized spacial score (nSPS) is 21.2. The van der Waals surface area contributed by atoms with E-state index in [0.717, 1.165) is 30.9 Å². The third-order valence-electron chi connectivity index (χ3n) is 4.55. The van der Waals surface area contributed by atoms with Gasteiger partial charge in [-0.3, -0.25) is 0 Å². The Morgan fingerprint density at radius 2 is 1.91 bits per heavy atom. The van der Waals surface area contributed by atoms with Crippen LogP contribution in [0.2, 0.25) is 5.02 Å². The predicted octanol–water partition coefficient (Wildman–Crippen LogP) is 2.80. The Labute approximate surface area is 137 Å². The van der Waals surface area contributed by atoms with Crippen molar-refractivity contribution >= 4 is 21.6 Å². The number of nitrogens with one attached hydrogen (secondary N) is 1. The summed E-state index contributed by atoms with van der Waals surface area (Å²) < 4.78 is 27.1. The Morgan fingerprint density at radius 3 is 2.55 bits per heavy atom. The molecule has 1 aromatic carbocycles. The van der Waals surface area contributed by atoms with Gasteiger partial charge in [0, 0.05) is 19.1 Å². The molecule has 0 unspecified atom stereocenters. The Bertz CT molecular complexity index is 636. The van der Waals surface area contributed by atoms with E-state index in [1.807, 2.05) is 13.0 Å². The molecule has 0 amide bonds. The molecule has 1 N–H and O–H groups in total. The highest BCUT2D eigenvalue weighted by Crippen LogP contribution is 2.29. The minimum absolute atomic E-state index is 0.235. The first-order chi connectivity index (χ1) is 10.5. The second kappa shape index (κ2) is 6.48. The Morgan fingerprint density at radius 1 is 1.23 bits per heavy atom. The molecule has 0 atom stereocenters. The average molecular weight is 343 g/mol. The van der Waals surface area contributed by atoms with Gasteiger partial charge in [-0.25, -0.2) is 8.42 Å². The smallest absolute Gasteiger partial charge is 0.244 e. The maximum atomic E-state index is 12.8. The summed E-state index contributed by atoms with van der Waals surface area (Å²) in [6, 6.07) is 5.60. The highest BCUT2D eigenvalue weighted by molar-refractivity contribution is 7.89. The molecule has 4 nitrogen and oxygen atoms in total. The lowest BCUT2D eigenvalue weighted by Crippen LogP contribution is -2.45. The van der Waals surface area contributed by atoms with Crippen molar-refractivity contribution in [2.24, 2.45) is 5.92 Å². The topological polar surface area (TPSA) is 49.4 Å². The molecule has 1 aliphatic carbocycles. The number of hydrogen-bond acceptors (Lipinski definition) is 3. The molecule has 1 aliphatic heterocycles. The van der Waals surface area contributed by atoms with Gasteiger partial charge in [-0.2, -0.15) is 4.31 Å². The molecule has 1 saturated carbocycles. The van der Waals surface area contributed by atoms with E-state index in [-0.39, 0.29) is 4.90 Å². The molecule has 1 saturated heterocycles. The molecule has 1 heterocycles. The molecule has 2 aliphatic rings. The molecule has 22 heavy (non-hydrogen) atoms. The lowest BCUT2D eigenvalue weighted by atomic mass is 10.1. The van der Waals surface area contributed by atoms with E-state index in [9.17, 15) is 8.42 Å². The summed E-state index contributed by atoms with van der Waals surface area (Å²) in [6.45, 7) is 4.09. The third kappa shape index (κ3) is 3.65. The van der Waals surface area contributed by atoms with Gasteiger partial charge in [0.05, 0.1) is 5.02 Å². The Kier molecular flexibility index (Phi) is 4.78. The number of sulfonamides is 1. The van der Waals surface area contributed by atoms with Crippen LogP contribution in [0, 0.1) is 12.8 Å². The van der Waals surface area contributed by atoms with Crippen molar-refractivity contribution in [2.75, 3.05) is 19.6 Å². The van der Waals surface area contributed by atoms with Gasteiger partial charge in [-0.1, -0.05) is 17.7 Å². The summed E-state index contributed by atoms with van der Waals surface area (Å²) in [5.74, 6) is 0.855. The number of benzene rings is 1. The molecule has 3 rings (SSSR count). The van der Waals surface area contributed by atoms with E-state index in [1.165, 1.54) is 12.8 Å². The van der Waals surface area contributed by atoms with Crippen molar-refractivity contribution < 1.29 is 8.42 Å². The highest BCUT2D eigenvalue weighted by Gasteiger charge is 2.31. The summed E-state index contributed by atoms with van der Waals surface area (Å²) in [5, 5.41) is 3.87. The SMILES string of the molecule is Cc1ccc(Cl)c(S(=O)(=O)N2CCC(NCC3CC3)CC2)c1. The first kappa shape index (κ1) is 16.2. The zero-order valence-corrected chi connectivity index (χ0v) is 14.5. The van der Waals surface area contributed by atoms with Crippen LogP contribution in [-0.4, -0.2) is 38.4 Å². The number of aryl methyl sites for hydroxylation is 1. The lowest BCUT2D eigenvalue weighted by molar-refractivity contribution is 0.288. The molecule has 0 radical (unpaired) electrons. The molecule has 2 fully saturated rings. The predicted molar refractivity (Wildman–Crippen MR) is 88.7 cm³/mol. The molecule has 6 heteroatoms. The largest absolute Gasteiger partial charge is 0.314 e. The van der Waals surface area contributed by atoms with Crippen LogP contribution in [0.1, 0.15) is 31.2 Å². The number of rotatable bonds is 5.